The molecule has 2 amide bonds. The summed E-state index contributed by atoms with van der Waals surface area (Å²) in [5, 5.41) is 5.26. The van der Waals surface area contributed by atoms with Crippen molar-refractivity contribution in [2.24, 2.45) is 5.92 Å². The van der Waals surface area contributed by atoms with Crippen LogP contribution in [0.4, 0.5) is 24.5 Å². The first kappa shape index (κ1) is 25.6. The second-order valence-corrected chi connectivity index (χ2v) is 10.2. The number of benzene rings is 3. The van der Waals surface area contributed by atoms with Crippen LogP contribution in [-0.4, -0.2) is 16.1 Å². The summed E-state index contributed by atoms with van der Waals surface area (Å²) in [6.45, 7) is -0.744. The van der Waals surface area contributed by atoms with E-state index >= 15 is 0 Å². The number of carbonyl (C=O) groups excluding carboxylic acids is 2. The third-order valence-electron chi connectivity index (χ3n) is 5.49. The Morgan fingerprint density at radius 3 is 2.37 bits per heavy atom. The number of anilines is 2. The molecule has 1 aliphatic carbocycles. The first-order valence-electron chi connectivity index (χ1n) is 10.1. The largest absolute Gasteiger partial charge is 0.326 e. The monoisotopic (exact) mass is 560 g/mol. The van der Waals surface area contributed by atoms with Crippen LogP contribution in [0, 0.1) is 17.6 Å². The second-order valence-electron chi connectivity index (χ2n) is 7.92. The maximum Gasteiger partial charge on any atom is 0.257 e. The number of carbonyl (C=O) groups is 2. The van der Waals surface area contributed by atoms with Crippen LogP contribution < -0.4 is 10.6 Å². The Kier molecular flexibility index (Phi) is 7.25. The van der Waals surface area contributed by atoms with E-state index in [0.717, 1.165) is 12.1 Å². The molecule has 1 aliphatic rings. The molecule has 0 aromatic heterocycles. The van der Waals surface area contributed by atoms with E-state index in [1.165, 1.54) is 24.3 Å². The third kappa shape index (κ3) is 5.38. The Hall–Kier alpha value is -2.45. The van der Waals surface area contributed by atoms with Gasteiger partial charge in [-0.25, -0.2) is 13.2 Å². The number of amides is 2. The van der Waals surface area contributed by atoms with Gasteiger partial charge in [0.25, 0.3) is 5.91 Å². The summed E-state index contributed by atoms with van der Waals surface area (Å²) in [5.74, 6) is -4.58. The maximum atomic E-state index is 13.9. The second kappa shape index (κ2) is 9.90. The molecule has 0 heterocycles. The summed E-state index contributed by atoms with van der Waals surface area (Å²) in [4.78, 5) is 25.6. The lowest BCUT2D eigenvalue weighted by atomic mass is 10.1. The minimum atomic E-state index is -1.45. The smallest absolute Gasteiger partial charge is 0.257 e. The fourth-order valence-electron chi connectivity index (χ4n) is 3.78. The number of hydrogen-bond acceptors (Lipinski definition) is 2. The minimum Gasteiger partial charge on any atom is -0.326 e. The van der Waals surface area contributed by atoms with E-state index in [-0.39, 0.29) is 27.0 Å². The predicted molar refractivity (Wildman–Crippen MR) is 131 cm³/mol. The lowest BCUT2D eigenvalue weighted by molar-refractivity contribution is -0.117. The highest BCUT2D eigenvalue weighted by Crippen LogP contribution is 2.65. The van der Waals surface area contributed by atoms with Crippen LogP contribution >= 0.6 is 46.4 Å². The van der Waals surface area contributed by atoms with Crippen molar-refractivity contribution < 1.29 is 22.8 Å². The van der Waals surface area contributed by atoms with Crippen molar-refractivity contribution >= 4 is 69.6 Å². The quantitative estimate of drug-likeness (QED) is 0.306. The van der Waals surface area contributed by atoms with Crippen LogP contribution in [0.25, 0.3) is 0 Å². The number of rotatable bonds is 6. The number of hydrogen-bond donors (Lipinski definition) is 2. The molecule has 11 heteroatoms. The van der Waals surface area contributed by atoms with E-state index in [4.69, 9.17) is 46.4 Å². The molecular formula is C24H15Cl4F3N2O2. The molecule has 1 fully saturated rings. The summed E-state index contributed by atoms with van der Waals surface area (Å²) in [6, 6.07) is 11.4. The fourth-order valence-corrected chi connectivity index (χ4v) is 5.07. The summed E-state index contributed by atoms with van der Waals surface area (Å²) in [5.41, 5.74) is 0.743. The number of nitrogens with one attached hydrogen (secondary N) is 2. The average Bonchev–Trinajstić information content (AvgIpc) is 3.38. The van der Waals surface area contributed by atoms with Gasteiger partial charge in [-0.1, -0.05) is 29.3 Å². The molecule has 0 spiro atoms. The highest BCUT2D eigenvalue weighted by atomic mass is 35.5. The Morgan fingerprint density at radius 2 is 1.69 bits per heavy atom. The van der Waals surface area contributed by atoms with Gasteiger partial charge >= 0.3 is 0 Å². The standard InChI is InChI=1S/C24H15Cl4F3N2O2/c25-13-6-11(10-29)5-12(7-13)20-21(24(20,27)28)23(35)32-15-2-3-17(26)16(9-15)22(34)33-19-4-1-14(30)8-18(19)31/h1-9,20-21H,10H2,(H,32,35)(H,33,34). The molecule has 182 valence electrons. The van der Waals surface area contributed by atoms with Crippen molar-refractivity contribution in [1.82, 2.24) is 0 Å². The van der Waals surface area contributed by atoms with Crippen molar-refractivity contribution in [2.75, 3.05) is 10.6 Å². The van der Waals surface area contributed by atoms with Crippen molar-refractivity contribution in [3.05, 3.63) is 93.0 Å². The highest BCUT2D eigenvalue weighted by Gasteiger charge is 2.67. The van der Waals surface area contributed by atoms with Crippen molar-refractivity contribution in [1.29, 1.82) is 0 Å². The van der Waals surface area contributed by atoms with Gasteiger partial charge in [0.1, 0.15) is 22.6 Å². The predicted octanol–water partition coefficient (Wildman–Crippen LogP) is 7.52. The van der Waals surface area contributed by atoms with Crippen molar-refractivity contribution in [3.8, 4) is 0 Å². The maximum absolute atomic E-state index is 13.9. The van der Waals surface area contributed by atoms with Crippen LogP contribution in [0.15, 0.2) is 54.6 Å². The van der Waals surface area contributed by atoms with E-state index in [1.54, 1.807) is 12.1 Å². The number of halogens is 7. The Morgan fingerprint density at radius 1 is 0.943 bits per heavy atom. The van der Waals surface area contributed by atoms with Gasteiger partial charge in [-0.15, -0.1) is 23.2 Å². The topological polar surface area (TPSA) is 58.2 Å². The van der Waals surface area contributed by atoms with E-state index < -0.39 is 46.3 Å². The van der Waals surface area contributed by atoms with E-state index in [2.05, 4.69) is 10.6 Å². The highest BCUT2D eigenvalue weighted by molar-refractivity contribution is 6.53. The summed E-state index contributed by atoms with van der Waals surface area (Å²) >= 11 is 24.9. The molecule has 0 bridgehead atoms. The lowest BCUT2D eigenvalue weighted by Gasteiger charge is -2.11. The molecule has 0 aliphatic heterocycles. The van der Waals surface area contributed by atoms with E-state index in [9.17, 15) is 22.8 Å². The minimum absolute atomic E-state index is 0.0361. The molecule has 3 aromatic carbocycles. The van der Waals surface area contributed by atoms with Crippen molar-refractivity contribution in [3.63, 3.8) is 0 Å². The fraction of sp³-hybridized carbons (Fsp3) is 0.167. The molecule has 4 nitrogen and oxygen atoms in total. The van der Waals surface area contributed by atoms with Crippen LogP contribution in [0.1, 0.15) is 27.4 Å². The molecule has 2 unspecified atom stereocenters. The van der Waals surface area contributed by atoms with Gasteiger partial charge in [-0.3, -0.25) is 9.59 Å². The first-order valence-corrected chi connectivity index (χ1v) is 11.6. The lowest BCUT2D eigenvalue weighted by Crippen LogP contribution is -2.18. The molecule has 4 rings (SSSR count). The Labute approximate surface area is 218 Å². The van der Waals surface area contributed by atoms with Gasteiger partial charge in [0.15, 0.2) is 0 Å². The molecule has 2 N–H and O–H groups in total. The molecule has 0 radical (unpaired) electrons. The van der Waals surface area contributed by atoms with E-state index in [0.29, 0.717) is 17.2 Å². The van der Waals surface area contributed by atoms with Crippen molar-refractivity contribution in [2.45, 2.75) is 16.9 Å². The zero-order valence-electron chi connectivity index (χ0n) is 17.5. The normalized spacial score (nSPS) is 18.1. The Balaban J connectivity index is 1.52. The third-order valence-corrected chi connectivity index (χ3v) is 6.98. The van der Waals surface area contributed by atoms with Gasteiger partial charge in [-0.2, -0.15) is 0 Å². The average molecular weight is 562 g/mol. The molecule has 0 saturated heterocycles. The zero-order valence-corrected chi connectivity index (χ0v) is 20.5. The molecule has 3 aromatic rings. The van der Waals surface area contributed by atoms with Crippen LogP contribution in [-0.2, 0) is 11.5 Å². The summed E-state index contributed by atoms with van der Waals surface area (Å²) in [7, 11) is 0. The van der Waals surface area contributed by atoms with Crippen LogP contribution in [0.5, 0.6) is 0 Å². The zero-order chi connectivity index (χ0) is 25.5. The summed E-state index contributed by atoms with van der Waals surface area (Å²) < 4.78 is 38.7. The SMILES string of the molecule is O=C(Nc1ccc(F)cc1F)c1cc(NC(=O)C2C(c3cc(Cl)cc(CF)c3)C2(Cl)Cl)ccc1Cl. The van der Waals surface area contributed by atoms with Gasteiger partial charge in [0.2, 0.25) is 5.91 Å². The molecule has 35 heavy (non-hydrogen) atoms. The number of alkyl halides is 3. The van der Waals surface area contributed by atoms with Crippen LogP contribution in [0.2, 0.25) is 10.0 Å². The van der Waals surface area contributed by atoms with Crippen LogP contribution in [0.3, 0.4) is 0 Å². The molecule has 1 saturated carbocycles. The van der Waals surface area contributed by atoms with Gasteiger partial charge in [0, 0.05) is 22.7 Å². The molecular weight excluding hydrogens is 547 g/mol. The molecule has 2 atom stereocenters. The van der Waals surface area contributed by atoms with Gasteiger partial charge in [0.05, 0.1) is 22.2 Å². The Bertz CT molecular complexity index is 1340. The summed E-state index contributed by atoms with van der Waals surface area (Å²) in [6.07, 6.45) is 0. The first-order chi connectivity index (χ1) is 16.5. The van der Waals surface area contributed by atoms with E-state index in [1.807, 2.05) is 0 Å². The van der Waals surface area contributed by atoms with Gasteiger partial charge in [-0.05, 0) is 53.6 Å². The van der Waals surface area contributed by atoms with Gasteiger partial charge < -0.3 is 10.6 Å².